The highest BCUT2D eigenvalue weighted by atomic mass is 31.2. The Balaban J connectivity index is 2.33. The Labute approximate surface area is 98.2 Å². The highest BCUT2D eigenvalue weighted by molar-refractivity contribution is 7.53. The summed E-state index contributed by atoms with van der Waals surface area (Å²) >= 11 is 0. The Kier molecular flexibility index (Phi) is 6.59. The molecule has 0 radical (unpaired) electrons. The molecule has 1 heterocycles. The van der Waals surface area contributed by atoms with Gasteiger partial charge in [0.25, 0.3) is 0 Å². The van der Waals surface area contributed by atoms with Crippen LogP contribution in [-0.2, 0) is 18.3 Å². The van der Waals surface area contributed by atoms with E-state index in [1.807, 2.05) is 13.8 Å². The Bertz CT molecular complexity index is 216. The molecule has 1 fully saturated rings. The van der Waals surface area contributed by atoms with Gasteiger partial charge in [-0.2, -0.15) is 0 Å². The molecule has 0 spiro atoms. The zero-order valence-electron chi connectivity index (χ0n) is 10.3. The van der Waals surface area contributed by atoms with E-state index >= 15 is 0 Å². The van der Waals surface area contributed by atoms with Gasteiger partial charge in [-0.1, -0.05) is 0 Å². The van der Waals surface area contributed by atoms with Gasteiger partial charge >= 0.3 is 7.60 Å². The summed E-state index contributed by atoms with van der Waals surface area (Å²) in [6, 6.07) is 0. The number of hydrogen-bond acceptors (Lipinski definition) is 4. The SMILES string of the molecule is CCOP(=O)(CC[C@H]1CCCCO1)OCC. The van der Waals surface area contributed by atoms with Crippen LogP contribution in [0.1, 0.15) is 39.5 Å². The van der Waals surface area contributed by atoms with E-state index in [0.717, 1.165) is 25.9 Å². The molecule has 0 unspecified atom stereocenters. The normalized spacial score (nSPS) is 22.2. The molecule has 0 aromatic carbocycles. The molecule has 16 heavy (non-hydrogen) atoms. The Hall–Kier alpha value is 0.110. The highest BCUT2D eigenvalue weighted by Gasteiger charge is 2.26. The second-order valence-electron chi connectivity index (χ2n) is 3.95. The van der Waals surface area contributed by atoms with Crippen LogP contribution in [0, 0.1) is 0 Å². The molecule has 5 heteroatoms. The maximum absolute atomic E-state index is 12.2. The molecule has 1 saturated heterocycles. The number of ether oxygens (including phenoxy) is 1. The highest BCUT2D eigenvalue weighted by Crippen LogP contribution is 2.49. The lowest BCUT2D eigenvalue weighted by Gasteiger charge is -2.24. The first kappa shape index (κ1) is 14.2. The summed E-state index contributed by atoms with van der Waals surface area (Å²) in [6.07, 6.45) is 4.90. The maximum Gasteiger partial charge on any atom is 0.330 e. The molecule has 96 valence electrons. The van der Waals surface area contributed by atoms with Crippen molar-refractivity contribution in [2.75, 3.05) is 26.0 Å². The van der Waals surface area contributed by atoms with Crippen molar-refractivity contribution in [3.63, 3.8) is 0 Å². The molecular weight excluding hydrogens is 227 g/mol. The van der Waals surface area contributed by atoms with Gasteiger partial charge in [0.1, 0.15) is 0 Å². The molecule has 1 atom stereocenters. The van der Waals surface area contributed by atoms with Crippen LogP contribution in [0.15, 0.2) is 0 Å². The average Bonchev–Trinajstić information content (AvgIpc) is 2.29. The van der Waals surface area contributed by atoms with E-state index in [0.29, 0.717) is 19.4 Å². The topological polar surface area (TPSA) is 44.8 Å². The summed E-state index contributed by atoms with van der Waals surface area (Å²) in [5, 5.41) is 0. The van der Waals surface area contributed by atoms with Crippen LogP contribution in [0.4, 0.5) is 0 Å². The summed E-state index contributed by atoms with van der Waals surface area (Å²) in [6.45, 7) is 5.37. The third kappa shape index (κ3) is 4.96. The fourth-order valence-corrected chi connectivity index (χ4v) is 3.62. The van der Waals surface area contributed by atoms with E-state index in [4.69, 9.17) is 13.8 Å². The molecule has 0 amide bonds. The van der Waals surface area contributed by atoms with Gasteiger partial charge < -0.3 is 13.8 Å². The molecule has 0 bridgehead atoms. The van der Waals surface area contributed by atoms with Crippen molar-refractivity contribution in [2.24, 2.45) is 0 Å². The average molecular weight is 250 g/mol. The van der Waals surface area contributed by atoms with Crippen LogP contribution in [0.2, 0.25) is 0 Å². The summed E-state index contributed by atoms with van der Waals surface area (Å²) in [5.74, 6) is 0. The van der Waals surface area contributed by atoms with Crippen molar-refractivity contribution >= 4 is 7.60 Å². The lowest BCUT2D eigenvalue weighted by atomic mass is 10.1. The van der Waals surface area contributed by atoms with Gasteiger partial charge in [0.15, 0.2) is 0 Å². The van der Waals surface area contributed by atoms with E-state index in [-0.39, 0.29) is 6.10 Å². The third-order valence-corrected chi connectivity index (χ3v) is 4.76. The molecule has 0 aromatic rings. The van der Waals surface area contributed by atoms with E-state index < -0.39 is 7.60 Å². The van der Waals surface area contributed by atoms with Crippen molar-refractivity contribution in [3.8, 4) is 0 Å². The van der Waals surface area contributed by atoms with Crippen LogP contribution < -0.4 is 0 Å². The van der Waals surface area contributed by atoms with Gasteiger partial charge in [0.2, 0.25) is 0 Å². The first-order chi connectivity index (χ1) is 7.70. The molecule has 1 aliphatic heterocycles. The number of hydrogen-bond donors (Lipinski definition) is 0. The summed E-state index contributed by atoms with van der Waals surface area (Å²) in [5.41, 5.74) is 0. The van der Waals surface area contributed by atoms with Crippen LogP contribution in [0.25, 0.3) is 0 Å². The fraction of sp³-hybridized carbons (Fsp3) is 1.00. The second-order valence-corrected chi connectivity index (χ2v) is 6.13. The minimum Gasteiger partial charge on any atom is -0.378 e. The van der Waals surface area contributed by atoms with Gasteiger partial charge in [-0.25, -0.2) is 0 Å². The smallest absolute Gasteiger partial charge is 0.330 e. The molecular formula is C11H23O4P. The van der Waals surface area contributed by atoms with Gasteiger partial charge in [-0.05, 0) is 39.5 Å². The molecule has 0 N–H and O–H groups in total. The molecule has 1 aliphatic rings. The number of rotatable bonds is 7. The van der Waals surface area contributed by atoms with Crippen LogP contribution in [0.5, 0.6) is 0 Å². The van der Waals surface area contributed by atoms with Crippen molar-refractivity contribution in [2.45, 2.75) is 45.6 Å². The Morgan fingerprint density at radius 1 is 1.25 bits per heavy atom. The fourth-order valence-electron chi connectivity index (χ4n) is 1.90. The van der Waals surface area contributed by atoms with Gasteiger partial charge in [-0.3, -0.25) is 4.57 Å². The Morgan fingerprint density at radius 3 is 2.44 bits per heavy atom. The zero-order valence-corrected chi connectivity index (χ0v) is 11.2. The minimum absolute atomic E-state index is 0.239. The summed E-state index contributed by atoms with van der Waals surface area (Å²) in [4.78, 5) is 0. The minimum atomic E-state index is -2.87. The summed E-state index contributed by atoms with van der Waals surface area (Å²) in [7, 11) is -2.87. The molecule has 0 aliphatic carbocycles. The van der Waals surface area contributed by atoms with Crippen molar-refractivity contribution < 1.29 is 18.3 Å². The van der Waals surface area contributed by atoms with Gasteiger partial charge in [-0.15, -0.1) is 0 Å². The van der Waals surface area contributed by atoms with E-state index in [2.05, 4.69) is 0 Å². The second kappa shape index (κ2) is 7.44. The van der Waals surface area contributed by atoms with Gasteiger partial charge in [0.05, 0.1) is 25.5 Å². The maximum atomic E-state index is 12.2. The Morgan fingerprint density at radius 2 is 1.94 bits per heavy atom. The molecule has 4 nitrogen and oxygen atoms in total. The first-order valence-corrected chi connectivity index (χ1v) is 7.92. The quantitative estimate of drug-likeness (QED) is 0.651. The van der Waals surface area contributed by atoms with Crippen LogP contribution >= 0.6 is 7.60 Å². The molecule has 0 aromatic heterocycles. The van der Waals surface area contributed by atoms with Crippen LogP contribution in [-0.4, -0.2) is 32.1 Å². The standard InChI is InChI=1S/C11H23O4P/c1-3-14-16(12,15-4-2)10-8-11-7-5-6-9-13-11/h11H,3-10H2,1-2H3/t11-/m1/s1. The van der Waals surface area contributed by atoms with Crippen molar-refractivity contribution in [1.82, 2.24) is 0 Å². The van der Waals surface area contributed by atoms with Crippen molar-refractivity contribution in [3.05, 3.63) is 0 Å². The predicted octanol–water partition coefficient (Wildman–Crippen LogP) is 3.21. The van der Waals surface area contributed by atoms with E-state index in [9.17, 15) is 4.57 Å². The predicted molar refractivity (Wildman–Crippen MR) is 63.9 cm³/mol. The monoisotopic (exact) mass is 250 g/mol. The molecule has 1 rings (SSSR count). The lowest BCUT2D eigenvalue weighted by molar-refractivity contribution is 0.0137. The molecule has 0 saturated carbocycles. The third-order valence-electron chi connectivity index (χ3n) is 2.65. The van der Waals surface area contributed by atoms with Gasteiger partial charge in [0, 0.05) is 6.61 Å². The lowest BCUT2D eigenvalue weighted by Crippen LogP contribution is -2.20. The summed E-state index contributed by atoms with van der Waals surface area (Å²) < 4.78 is 28.2. The zero-order chi connectivity index (χ0) is 11.9. The first-order valence-electron chi connectivity index (χ1n) is 6.20. The van der Waals surface area contributed by atoms with E-state index in [1.165, 1.54) is 6.42 Å². The van der Waals surface area contributed by atoms with E-state index in [1.54, 1.807) is 0 Å². The van der Waals surface area contributed by atoms with Crippen LogP contribution in [0.3, 0.4) is 0 Å². The largest absolute Gasteiger partial charge is 0.378 e. The van der Waals surface area contributed by atoms with Crippen molar-refractivity contribution in [1.29, 1.82) is 0 Å².